The zero-order valence-electron chi connectivity index (χ0n) is 24.3. The number of allylic oxidation sites excluding steroid dienone is 2. The van der Waals surface area contributed by atoms with E-state index in [-0.39, 0.29) is 35.4 Å². The van der Waals surface area contributed by atoms with Gasteiger partial charge in [0.25, 0.3) is 5.88 Å². The van der Waals surface area contributed by atoms with Crippen molar-refractivity contribution in [2.45, 2.75) is 62.9 Å². The summed E-state index contributed by atoms with van der Waals surface area (Å²) in [5.41, 5.74) is 1.92. The number of thiophene rings is 1. The van der Waals surface area contributed by atoms with Crippen LogP contribution >= 0.6 is 23.7 Å². The quantitative estimate of drug-likeness (QED) is 0.318. The Bertz CT molecular complexity index is 1440. The molecule has 2 aliphatic carbocycles. The molecule has 0 aromatic carbocycles. The summed E-state index contributed by atoms with van der Waals surface area (Å²) in [4.78, 5) is 11.2. The first kappa shape index (κ1) is 33.0. The smallest absolute Gasteiger partial charge is 0.393 e. The van der Waals surface area contributed by atoms with Crippen LogP contribution in [0.25, 0.3) is 15.8 Å². The Morgan fingerprint density at radius 3 is 2.53 bits per heavy atom. The standard InChI is InChI=1S/C28H35F3N6O4S.ClH/c1-37(24-19-11-18(13-28(29,30)31)42-26(19)34-27(33-24)41-4)21-9-17(10-22(21)38)32-14-15-5-7-16(8-6-15)20-12-23(39-2)25(40-3)36-35-20;/h7,11-12,15,17,21-22,32,38H,5-6,8-10,13-14H2,1-4H3;1H/t15?,17-,21+,22-;/m1./s1. The number of ether oxygens (including phenoxy) is 3. The number of likely N-dealkylation sites (N-methyl/N-ethyl adjacent to an activating group) is 1. The van der Waals surface area contributed by atoms with Crippen LogP contribution in [0, 0.1) is 5.92 Å². The van der Waals surface area contributed by atoms with Crippen LogP contribution in [0.2, 0.25) is 0 Å². The molecule has 10 nitrogen and oxygen atoms in total. The van der Waals surface area contributed by atoms with Crippen molar-refractivity contribution < 1.29 is 32.5 Å². The second-order valence-corrected chi connectivity index (χ2v) is 11.9. The summed E-state index contributed by atoms with van der Waals surface area (Å²) in [6.07, 6.45) is 0.218. The first-order chi connectivity index (χ1) is 20.1. The van der Waals surface area contributed by atoms with Gasteiger partial charge in [0.2, 0.25) is 0 Å². The van der Waals surface area contributed by atoms with Crippen molar-refractivity contribution >= 4 is 45.4 Å². The van der Waals surface area contributed by atoms with Gasteiger partial charge in [-0.05, 0) is 56.2 Å². The summed E-state index contributed by atoms with van der Waals surface area (Å²) >= 11 is 0.979. The third-order valence-corrected chi connectivity index (χ3v) is 9.00. The van der Waals surface area contributed by atoms with E-state index >= 15 is 0 Å². The second kappa shape index (κ2) is 13.8. The van der Waals surface area contributed by atoms with E-state index in [4.69, 9.17) is 14.2 Å². The van der Waals surface area contributed by atoms with Crippen molar-refractivity contribution in [1.82, 2.24) is 25.5 Å². The van der Waals surface area contributed by atoms with Gasteiger partial charge in [0.15, 0.2) is 5.75 Å². The number of nitrogens with one attached hydrogen (secondary N) is 1. The molecule has 1 saturated carbocycles. The third kappa shape index (κ3) is 7.59. The number of hydrogen-bond acceptors (Lipinski definition) is 11. The maximum Gasteiger partial charge on any atom is 0.393 e. The van der Waals surface area contributed by atoms with E-state index in [9.17, 15) is 18.3 Å². The van der Waals surface area contributed by atoms with Gasteiger partial charge in [0, 0.05) is 24.0 Å². The minimum Gasteiger partial charge on any atom is -0.491 e. The Balaban J connectivity index is 0.00000423. The molecule has 2 aliphatic rings. The lowest BCUT2D eigenvalue weighted by atomic mass is 9.88. The van der Waals surface area contributed by atoms with E-state index in [1.807, 2.05) is 18.0 Å². The van der Waals surface area contributed by atoms with Crippen LogP contribution in [0.1, 0.15) is 42.7 Å². The molecule has 0 aliphatic heterocycles. The maximum atomic E-state index is 13.1. The van der Waals surface area contributed by atoms with E-state index in [0.29, 0.717) is 46.4 Å². The predicted octanol–water partition coefficient (Wildman–Crippen LogP) is 4.84. The van der Waals surface area contributed by atoms with Crippen LogP contribution in [0.5, 0.6) is 17.6 Å². The maximum absolute atomic E-state index is 13.1. The molecule has 15 heteroatoms. The number of aliphatic hydroxyl groups is 1. The second-order valence-electron chi connectivity index (χ2n) is 10.8. The summed E-state index contributed by atoms with van der Waals surface area (Å²) in [5, 5.41) is 23.5. The number of halogens is 4. The highest BCUT2D eigenvalue weighted by molar-refractivity contribution is 7.18. The van der Waals surface area contributed by atoms with Crippen molar-refractivity contribution in [2.75, 3.05) is 39.8 Å². The molecule has 4 atom stereocenters. The molecule has 3 heterocycles. The summed E-state index contributed by atoms with van der Waals surface area (Å²) in [6.45, 7) is 0.812. The minimum atomic E-state index is -4.32. The van der Waals surface area contributed by atoms with Gasteiger partial charge >= 0.3 is 12.2 Å². The Labute approximate surface area is 258 Å². The lowest BCUT2D eigenvalue weighted by Crippen LogP contribution is -2.39. The van der Waals surface area contributed by atoms with Crippen LogP contribution < -0.4 is 24.4 Å². The zero-order chi connectivity index (χ0) is 30.0. The predicted molar refractivity (Wildman–Crippen MR) is 161 cm³/mol. The molecule has 0 spiro atoms. The summed E-state index contributed by atoms with van der Waals surface area (Å²) in [7, 11) is 6.33. The number of aliphatic hydroxyl groups excluding tert-OH is 1. The average Bonchev–Trinajstić information content (AvgIpc) is 3.55. The highest BCUT2D eigenvalue weighted by Crippen LogP contribution is 2.38. The highest BCUT2D eigenvalue weighted by Gasteiger charge is 2.37. The normalized spacial score (nSPS) is 22.2. The molecular formula is C28H36ClF3N6O4S. The average molecular weight is 645 g/mol. The van der Waals surface area contributed by atoms with Crippen molar-refractivity contribution in [3.63, 3.8) is 0 Å². The van der Waals surface area contributed by atoms with Crippen molar-refractivity contribution in [3.05, 3.63) is 28.8 Å². The molecule has 236 valence electrons. The molecular weight excluding hydrogens is 609 g/mol. The van der Waals surface area contributed by atoms with Crippen molar-refractivity contribution in [2.24, 2.45) is 5.92 Å². The van der Waals surface area contributed by atoms with Crippen LogP contribution in [-0.2, 0) is 6.42 Å². The Kier molecular flexibility index (Phi) is 10.6. The van der Waals surface area contributed by atoms with Gasteiger partial charge in [-0.3, -0.25) is 0 Å². The lowest BCUT2D eigenvalue weighted by Gasteiger charge is -2.29. The molecule has 1 unspecified atom stereocenters. The Hall–Kier alpha value is -2.94. The number of fused-ring (bicyclic) bond motifs is 1. The van der Waals surface area contributed by atoms with Gasteiger partial charge in [0.1, 0.15) is 10.6 Å². The number of anilines is 1. The number of rotatable bonds is 10. The lowest BCUT2D eigenvalue weighted by molar-refractivity contribution is -0.126. The SMILES string of the molecule is COc1nc(N(C)[C@H]2C[C@@H](NCC3CC=C(c4cc(OC)c(OC)nn4)CC3)C[C@H]2O)c2cc(CC(F)(F)F)sc2n1.Cl. The molecule has 1 fully saturated rings. The van der Waals surface area contributed by atoms with Crippen LogP contribution in [0.4, 0.5) is 19.0 Å². The van der Waals surface area contributed by atoms with E-state index in [2.05, 4.69) is 31.6 Å². The van der Waals surface area contributed by atoms with E-state index < -0.39 is 18.7 Å². The summed E-state index contributed by atoms with van der Waals surface area (Å²) < 4.78 is 54.9. The first-order valence-corrected chi connectivity index (χ1v) is 14.6. The van der Waals surface area contributed by atoms with Gasteiger partial charge in [-0.2, -0.15) is 23.1 Å². The monoisotopic (exact) mass is 644 g/mol. The fraction of sp³-hybridized carbons (Fsp3) is 0.571. The molecule has 0 bridgehead atoms. The Morgan fingerprint density at radius 1 is 1.09 bits per heavy atom. The molecule has 3 aromatic rings. The number of aromatic nitrogens is 4. The van der Waals surface area contributed by atoms with E-state index in [1.165, 1.54) is 20.3 Å². The largest absolute Gasteiger partial charge is 0.491 e. The summed E-state index contributed by atoms with van der Waals surface area (Å²) in [6, 6.07) is 3.25. The van der Waals surface area contributed by atoms with Gasteiger partial charge < -0.3 is 29.5 Å². The fourth-order valence-corrected chi connectivity index (χ4v) is 6.81. The highest BCUT2D eigenvalue weighted by atomic mass is 35.5. The molecule has 0 amide bonds. The third-order valence-electron chi connectivity index (χ3n) is 7.97. The summed E-state index contributed by atoms with van der Waals surface area (Å²) in [5.74, 6) is 1.80. The zero-order valence-corrected chi connectivity index (χ0v) is 26.0. The molecule has 3 aromatic heterocycles. The number of hydrogen-bond donors (Lipinski definition) is 2. The van der Waals surface area contributed by atoms with E-state index in [1.54, 1.807) is 7.11 Å². The van der Waals surface area contributed by atoms with E-state index in [0.717, 1.165) is 48.4 Å². The van der Waals surface area contributed by atoms with Crippen LogP contribution in [0.15, 0.2) is 18.2 Å². The van der Waals surface area contributed by atoms with Crippen LogP contribution in [-0.4, -0.2) is 84.6 Å². The van der Waals surface area contributed by atoms with Gasteiger partial charge in [0.05, 0.1) is 51.0 Å². The van der Waals surface area contributed by atoms with Crippen molar-refractivity contribution in [1.29, 1.82) is 0 Å². The topological polar surface area (TPSA) is 115 Å². The van der Waals surface area contributed by atoms with Crippen molar-refractivity contribution in [3.8, 4) is 17.6 Å². The van der Waals surface area contributed by atoms with Gasteiger partial charge in [-0.1, -0.05) is 6.08 Å². The number of nitrogens with zero attached hydrogens (tertiary/aromatic N) is 5. The number of methoxy groups -OCH3 is 3. The minimum absolute atomic E-state index is 0. The molecule has 2 N–H and O–H groups in total. The molecule has 5 rings (SSSR count). The molecule has 0 saturated heterocycles. The van der Waals surface area contributed by atoms with Gasteiger partial charge in [-0.25, -0.2) is 0 Å². The van der Waals surface area contributed by atoms with Gasteiger partial charge in [-0.15, -0.1) is 33.9 Å². The first-order valence-electron chi connectivity index (χ1n) is 13.8. The van der Waals surface area contributed by atoms with Crippen LogP contribution in [0.3, 0.4) is 0 Å². The Morgan fingerprint density at radius 2 is 1.88 bits per heavy atom. The molecule has 43 heavy (non-hydrogen) atoms. The fourth-order valence-electron chi connectivity index (χ4n) is 5.76. The number of alkyl halides is 3. The molecule has 0 radical (unpaired) electrons.